The fourth-order valence-corrected chi connectivity index (χ4v) is 1.67. The standard InChI is InChI=1S/C13H27NO/c1-2-3-4-5-6-7-8-9-11-14-12-10-13-15/h13-14H,2-12H2,1H3. The second-order valence-corrected chi connectivity index (χ2v) is 4.18. The van der Waals surface area contributed by atoms with Gasteiger partial charge in [0.25, 0.3) is 0 Å². The third kappa shape index (κ3) is 13.6. The molecule has 0 aromatic carbocycles. The SMILES string of the molecule is CCCCCCCCCCNCCC=O. The van der Waals surface area contributed by atoms with Gasteiger partial charge in [-0.15, -0.1) is 0 Å². The first kappa shape index (κ1) is 14.6. The molecule has 0 saturated heterocycles. The van der Waals surface area contributed by atoms with Crippen LogP contribution in [0.5, 0.6) is 0 Å². The molecule has 0 aliphatic rings. The Morgan fingerprint density at radius 3 is 2.07 bits per heavy atom. The van der Waals surface area contributed by atoms with E-state index in [0.717, 1.165) is 19.4 Å². The fraction of sp³-hybridized carbons (Fsp3) is 0.923. The second kappa shape index (κ2) is 13.6. The lowest BCUT2D eigenvalue weighted by molar-refractivity contribution is -0.107. The highest BCUT2D eigenvalue weighted by Gasteiger charge is 1.91. The molecular weight excluding hydrogens is 186 g/mol. The van der Waals surface area contributed by atoms with Crippen molar-refractivity contribution in [3.05, 3.63) is 0 Å². The molecule has 0 aliphatic heterocycles. The van der Waals surface area contributed by atoms with E-state index in [1.165, 1.54) is 51.4 Å². The minimum Gasteiger partial charge on any atom is -0.316 e. The van der Waals surface area contributed by atoms with Crippen molar-refractivity contribution in [1.82, 2.24) is 5.32 Å². The van der Waals surface area contributed by atoms with Crippen LogP contribution in [-0.4, -0.2) is 19.4 Å². The second-order valence-electron chi connectivity index (χ2n) is 4.18. The van der Waals surface area contributed by atoms with Crippen LogP contribution in [0.1, 0.15) is 64.7 Å². The van der Waals surface area contributed by atoms with Crippen LogP contribution in [-0.2, 0) is 4.79 Å². The first-order valence-corrected chi connectivity index (χ1v) is 6.56. The number of carbonyl (C=O) groups excluding carboxylic acids is 1. The summed E-state index contributed by atoms with van der Waals surface area (Å²) in [5.74, 6) is 0. The monoisotopic (exact) mass is 213 g/mol. The van der Waals surface area contributed by atoms with Crippen LogP contribution < -0.4 is 5.32 Å². The van der Waals surface area contributed by atoms with Gasteiger partial charge in [-0.2, -0.15) is 0 Å². The molecule has 0 aromatic rings. The van der Waals surface area contributed by atoms with E-state index in [0.29, 0.717) is 6.42 Å². The van der Waals surface area contributed by atoms with E-state index in [4.69, 9.17) is 0 Å². The predicted molar refractivity (Wildman–Crippen MR) is 66.2 cm³/mol. The molecule has 0 heterocycles. The molecule has 0 radical (unpaired) electrons. The fourth-order valence-electron chi connectivity index (χ4n) is 1.67. The van der Waals surface area contributed by atoms with E-state index < -0.39 is 0 Å². The zero-order chi connectivity index (χ0) is 11.2. The highest BCUT2D eigenvalue weighted by atomic mass is 16.1. The van der Waals surface area contributed by atoms with Gasteiger partial charge in [-0.25, -0.2) is 0 Å². The minimum absolute atomic E-state index is 0.650. The summed E-state index contributed by atoms with van der Waals surface area (Å²) in [6, 6.07) is 0. The number of aldehydes is 1. The van der Waals surface area contributed by atoms with Gasteiger partial charge in [-0.1, -0.05) is 51.9 Å². The normalized spacial score (nSPS) is 10.5. The van der Waals surface area contributed by atoms with Crippen LogP contribution in [0.25, 0.3) is 0 Å². The van der Waals surface area contributed by atoms with Crippen molar-refractivity contribution in [3.8, 4) is 0 Å². The summed E-state index contributed by atoms with van der Waals surface area (Å²) in [5, 5.41) is 3.27. The number of unbranched alkanes of at least 4 members (excludes halogenated alkanes) is 7. The maximum atomic E-state index is 10.0. The van der Waals surface area contributed by atoms with E-state index >= 15 is 0 Å². The van der Waals surface area contributed by atoms with Gasteiger partial charge in [0.05, 0.1) is 0 Å². The summed E-state index contributed by atoms with van der Waals surface area (Å²) in [4.78, 5) is 10.0. The van der Waals surface area contributed by atoms with E-state index in [1.807, 2.05) is 0 Å². The van der Waals surface area contributed by atoms with Crippen molar-refractivity contribution in [2.24, 2.45) is 0 Å². The van der Waals surface area contributed by atoms with Crippen LogP contribution in [0.15, 0.2) is 0 Å². The molecule has 0 fully saturated rings. The lowest BCUT2D eigenvalue weighted by Gasteiger charge is -2.02. The molecule has 2 nitrogen and oxygen atoms in total. The lowest BCUT2D eigenvalue weighted by Crippen LogP contribution is -2.16. The summed E-state index contributed by atoms with van der Waals surface area (Å²) >= 11 is 0. The van der Waals surface area contributed by atoms with Gasteiger partial charge in [0.1, 0.15) is 6.29 Å². The van der Waals surface area contributed by atoms with Gasteiger partial charge in [0.15, 0.2) is 0 Å². The first-order valence-electron chi connectivity index (χ1n) is 6.56. The maximum Gasteiger partial charge on any atom is 0.121 e. The van der Waals surface area contributed by atoms with E-state index in [2.05, 4.69) is 12.2 Å². The average Bonchev–Trinajstić information content (AvgIpc) is 2.26. The summed E-state index contributed by atoms with van der Waals surface area (Å²) in [6.45, 7) is 4.17. The Labute approximate surface area is 94.8 Å². The van der Waals surface area contributed by atoms with Gasteiger partial charge in [0.2, 0.25) is 0 Å². The van der Waals surface area contributed by atoms with Crippen LogP contribution in [0.4, 0.5) is 0 Å². The Morgan fingerprint density at radius 2 is 1.47 bits per heavy atom. The molecule has 0 spiro atoms. The maximum absolute atomic E-state index is 10.0. The van der Waals surface area contributed by atoms with Crippen molar-refractivity contribution in [2.75, 3.05) is 13.1 Å². The Hall–Kier alpha value is -0.370. The van der Waals surface area contributed by atoms with Crippen LogP contribution in [0.2, 0.25) is 0 Å². The molecule has 0 bridgehead atoms. The van der Waals surface area contributed by atoms with Crippen LogP contribution >= 0.6 is 0 Å². The van der Waals surface area contributed by atoms with Gasteiger partial charge in [-0.3, -0.25) is 0 Å². The van der Waals surface area contributed by atoms with E-state index in [-0.39, 0.29) is 0 Å². The van der Waals surface area contributed by atoms with Crippen LogP contribution in [0.3, 0.4) is 0 Å². The van der Waals surface area contributed by atoms with Gasteiger partial charge in [-0.05, 0) is 13.0 Å². The Kier molecular flexibility index (Phi) is 13.3. The topological polar surface area (TPSA) is 29.1 Å². The molecule has 1 N–H and O–H groups in total. The zero-order valence-corrected chi connectivity index (χ0v) is 10.3. The quantitative estimate of drug-likeness (QED) is 0.398. The molecule has 90 valence electrons. The summed E-state index contributed by atoms with van der Waals surface area (Å²) in [7, 11) is 0. The van der Waals surface area contributed by atoms with E-state index in [1.54, 1.807) is 0 Å². The third-order valence-electron chi connectivity index (χ3n) is 2.65. The molecule has 0 saturated carbocycles. The highest BCUT2D eigenvalue weighted by Crippen LogP contribution is 2.07. The summed E-state index contributed by atoms with van der Waals surface area (Å²) < 4.78 is 0. The molecule has 0 unspecified atom stereocenters. The number of hydrogen-bond donors (Lipinski definition) is 1. The molecular formula is C13H27NO. The number of hydrogen-bond acceptors (Lipinski definition) is 2. The van der Waals surface area contributed by atoms with Crippen LogP contribution in [0, 0.1) is 0 Å². The summed E-state index contributed by atoms with van der Waals surface area (Å²) in [6.07, 6.45) is 12.5. The van der Waals surface area contributed by atoms with Gasteiger partial charge in [0, 0.05) is 13.0 Å². The molecule has 0 amide bonds. The molecule has 0 atom stereocenters. The molecule has 0 aromatic heterocycles. The smallest absolute Gasteiger partial charge is 0.121 e. The number of carbonyl (C=O) groups is 1. The Morgan fingerprint density at radius 1 is 0.867 bits per heavy atom. The van der Waals surface area contributed by atoms with E-state index in [9.17, 15) is 4.79 Å². The first-order chi connectivity index (χ1) is 7.41. The Bertz CT molecular complexity index is 126. The summed E-state index contributed by atoms with van der Waals surface area (Å²) in [5.41, 5.74) is 0. The Balaban J connectivity index is 2.83. The van der Waals surface area contributed by atoms with Gasteiger partial charge < -0.3 is 10.1 Å². The molecule has 2 heteroatoms. The number of nitrogens with one attached hydrogen (secondary N) is 1. The molecule has 15 heavy (non-hydrogen) atoms. The minimum atomic E-state index is 0.650. The average molecular weight is 213 g/mol. The lowest BCUT2D eigenvalue weighted by atomic mass is 10.1. The van der Waals surface area contributed by atoms with Crippen molar-refractivity contribution >= 4 is 6.29 Å². The predicted octanol–water partition coefficient (Wildman–Crippen LogP) is 3.31. The largest absolute Gasteiger partial charge is 0.316 e. The van der Waals surface area contributed by atoms with Crippen molar-refractivity contribution in [3.63, 3.8) is 0 Å². The third-order valence-corrected chi connectivity index (χ3v) is 2.65. The van der Waals surface area contributed by atoms with Crippen molar-refractivity contribution < 1.29 is 4.79 Å². The molecule has 0 aliphatic carbocycles. The number of rotatable bonds is 12. The van der Waals surface area contributed by atoms with Crippen molar-refractivity contribution in [2.45, 2.75) is 64.7 Å². The van der Waals surface area contributed by atoms with Gasteiger partial charge >= 0.3 is 0 Å². The van der Waals surface area contributed by atoms with Crippen molar-refractivity contribution in [1.29, 1.82) is 0 Å². The zero-order valence-electron chi connectivity index (χ0n) is 10.3. The highest BCUT2D eigenvalue weighted by molar-refractivity contribution is 5.49. The molecule has 0 rings (SSSR count).